The number of aryl methyl sites for hydroxylation is 1. The van der Waals surface area contributed by atoms with Crippen LogP contribution in [0.1, 0.15) is 5.56 Å². The molecule has 0 fully saturated rings. The van der Waals surface area contributed by atoms with Gasteiger partial charge in [0.1, 0.15) is 5.44 Å². The third-order valence-electron chi connectivity index (χ3n) is 5.43. The van der Waals surface area contributed by atoms with Gasteiger partial charge in [0.15, 0.2) is 13.0 Å². The van der Waals surface area contributed by atoms with Crippen LogP contribution in [-0.2, 0) is 4.57 Å². The monoisotopic (exact) mass is 420 g/mol. The summed E-state index contributed by atoms with van der Waals surface area (Å²) in [6.07, 6.45) is 0. The quantitative estimate of drug-likeness (QED) is 0.373. The third kappa shape index (κ3) is 3.48. The van der Waals surface area contributed by atoms with Gasteiger partial charge in [-0.2, -0.15) is 0 Å². The zero-order chi connectivity index (χ0) is 21.3. The van der Waals surface area contributed by atoms with E-state index in [-0.39, 0.29) is 0 Å². The first-order valence-electron chi connectivity index (χ1n) is 10.2. The van der Waals surface area contributed by atoms with Crippen LogP contribution >= 0.6 is 7.14 Å². The van der Waals surface area contributed by atoms with Crippen molar-refractivity contribution < 1.29 is 4.57 Å². The van der Waals surface area contributed by atoms with E-state index in [2.05, 4.69) is 6.92 Å². The summed E-state index contributed by atoms with van der Waals surface area (Å²) in [5, 5.41) is 2.34. The van der Waals surface area contributed by atoms with Crippen molar-refractivity contribution in [2.45, 2.75) is 6.92 Å². The van der Waals surface area contributed by atoms with Crippen molar-refractivity contribution >= 4 is 34.1 Å². The van der Waals surface area contributed by atoms with E-state index in [0.29, 0.717) is 11.3 Å². The molecule has 1 heterocycles. The van der Waals surface area contributed by atoms with Crippen LogP contribution in [0.5, 0.6) is 0 Å². The van der Waals surface area contributed by atoms with Gasteiger partial charge in [-0.25, -0.2) is 9.97 Å². The number of hydrogen-bond acceptors (Lipinski definition) is 3. The van der Waals surface area contributed by atoms with E-state index < -0.39 is 7.14 Å². The molecule has 0 saturated heterocycles. The molecular weight excluding hydrogens is 399 g/mol. The standard InChI is InChI=1S/C27H21N2OP/c1-20-16-18-21(19-17-20)26-28-25-15-9-8-14-24(25)27(29-26)31(30,22-10-4-2-5-11-22)23-12-6-3-7-13-23/h2-19H,1H3. The topological polar surface area (TPSA) is 42.9 Å². The van der Waals surface area contributed by atoms with E-state index in [1.807, 2.05) is 109 Å². The highest BCUT2D eigenvalue weighted by molar-refractivity contribution is 7.85. The highest BCUT2D eigenvalue weighted by Gasteiger charge is 2.33. The summed E-state index contributed by atoms with van der Waals surface area (Å²) in [6.45, 7) is 2.05. The van der Waals surface area contributed by atoms with Crippen molar-refractivity contribution in [2.75, 3.05) is 0 Å². The lowest BCUT2D eigenvalue weighted by Gasteiger charge is -2.21. The van der Waals surface area contributed by atoms with Gasteiger partial charge < -0.3 is 4.57 Å². The Kier molecular flexibility index (Phi) is 4.97. The number of benzene rings is 4. The number of aromatic nitrogens is 2. The fraction of sp³-hybridized carbons (Fsp3) is 0.0370. The summed E-state index contributed by atoms with van der Waals surface area (Å²) in [6, 6.07) is 35.2. The van der Waals surface area contributed by atoms with Gasteiger partial charge in [-0.3, -0.25) is 0 Å². The van der Waals surface area contributed by atoms with Gasteiger partial charge in [0.25, 0.3) is 0 Å². The maximum absolute atomic E-state index is 15.0. The lowest BCUT2D eigenvalue weighted by molar-refractivity contribution is 0.592. The van der Waals surface area contributed by atoms with Crippen LogP contribution in [-0.4, -0.2) is 9.97 Å². The number of hydrogen-bond donors (Lipinski definition) is 0. The number of nitrogens with zero attached hydrogens (tertiary/aromatic N) is 2. The molecule has 0 radical (unpaired) electrons. The normalized spacial score (nSPS) is 11.5. The molecular formula is C27H21N2OP. The van der Waals surface area contributed by atoms with E-state index in [1.165, 1.54) is 5.56 Å². The first kappa shape index (κ1) is 19.4. The molecule has 0 saturated carbocycles. The van der Waals surface area contributed by atoms with Crippen molar-refractivity contribution in [3.8, 4) is 11.4 Å². The van der Waals surface area contributed by atoms with E-state index >= 15 is 0 Å². The molecule has 5 aromatic rings. The van der Waals surface area contributed by atoms with Crippen LogP contribution in [0.2, 0.25) is 0 Å². The first-order chi connectivity index (χ1) is 15.2. The first-order valence-corrected chi connectivity index (χ1v) is 11.9. The molecule has 0 spiro atoms. The van der Waals surface area contributed by atoms with Gasteiger partial charge in [-0.15, -0.1) is 0 Å². The van der Waals surface area contributed by atoms with E-state index in [9.17, 15) is 4.57 Å². The maximum atomic E-state index is 15.0. The minimum Gasteiger partial charge on any atom is -0.307 e. The molecule has 0 aliphatic heterocycles. The molecule has 5 rings (SSSR count). The van der Waals surface area contributed by atoms with Crippen molar-refractivity contribution in [1.82, 2.24) is 9.97 Å². The summed E-state index contributed by atoms with van der Waals surface area (Å²) >= 11 is 0. The maximum Gasteiger partial charge on any atom is 0.189 e. The predicted octanol–water partition coefficient (Wildman–Crippen LogP) is 5.24. The fourth-order valence-corrected chi connectivity index (χ4v) is 6.54. The molecule has 0 unspecified atom stereocenters. The van der Waals surface area contributed by atoms with Crippen molar-refractivity contribution in [3.05, 3.63) is 115 Å². The SMILES string of the molecule is Cc1ccc(-c2nc(P(=O)(c3ccccc3)c3ccccc3)c3ccccc3n2)cc1. The molecule has 4 heteroatoms. The lowest BCUT2D eigenvalue weighted by atomic mass is 10.1. The second-order valence-electron chi connectivity index (χ2n) is 7.53. The summed E-state index contributed by atoms with van der Waals surface area (Å²) in [7, 11) is -3.23. The third-order valence-corrected chi connectivity index (χ3v) is 8.42. The highest BCUT2D eigenvalue weighted by atomic mass is 31.2. The second-order valence-corrected chi connectivity index (χ2v) is 10.2. The van der Waals surface area contributed by atoms with Crippen LogP contribution in [0.4, 0.5) is 0 Å². The van der Waals surface area contributed by atoms with Crippen LogP contribution in [0.15, 0.2) is 109 Å². The van der Waals surface area contributed by atoms with Gasteiger partial charge in [0, 0.05) is 21.6 Å². The minimum absolute atomic E-state index is 0.575. The second kappa shape index (κ2) is 7.94. The van der Waals surface area contributed by atoms with E-state index in [4.69, 9.17) is 9.97 Å². The average Bonchev–Trinajstić information content (AvgIpc) is 2.84. The summed E-state index contributed by atoms with van der Waals surface area (Å²) in [5.41, 5.74) is 3.44. The molecule has 0 N–H and O–H groups in total. The van der Waals surface area contributed by atoms with Crippen LogP contribution in [0, 0.1) is 6.92 Å². The molecule has 0 amide bonds. The Hall–Kier alpha value is -3.55. The van der Waals surface area contributed by atoms with Gasteiger partial charge in [-0.1, -0.05) is 109 Å². The molecule has 0 aliphatic carbocycles. The Morgan fingerprint density at radius 1 is 0.613 bits per heavy atom. The number of rotatable bonds is 4. The van der Waals surface area contributed by atoms with Crippen molar-refractivity contribution in [1.29, 1.82) is 0 Å². The molecule has 1 aromatic heterocycles. The number of fused-ring (bicyclic) bond motifs is 1. The van der Waals surface area contributed by atoms with Gasteiger partial charge >= 0.3 is 0 Å². The average molecular weight is 420 g/mol. The van der Waals surface area contributed by atoms with E-state index in [0.717, 1.165) is 27.1 Å². The van der Waals surface area contributed by atoms with Crippen LogP contribution in [0.25, 0.3) is 22.3 Å². The summed E-state index contributed by atoms with van der Waals surface area (Å²) in [5.74, 6) is 0.584. The zero-order valence-corrected chi connectivity index (χ0v) is 18.0. The molecule has 31 heavy (non-hydrogen) atoms. The molecule has 150 valence electrons. The minimum atomic E-state index is -3.23. The van der Waals surface area contributed by atoms with E-state index in [1.54, 1.807) is 0 Å². The predicted molar refractivity (Wildman–Crippen MR) is 129 cm³/mol. The Morgan fingerprint density at radius 2 is 1.16 bits per heavy atom. The van der Waals surface area contributed by atoms with Crippen molar-refractivity contribution in [3.63, 3.8) is 0 Å². The Morgan fingerprint density at radius 3 is 1.77 bits per heavy atom. The summed E-state index contributed by atoms with van der Waals surface area (Å²) < 4.78 is 15.0. The largest absolute Gasteiger partial charge is 0.307 e. The smallest absolute Gasteiger partial charge is 0.189 e. The fourth-order valence-electron chi connectivity index (χ4n) is 3.80. The molecule has 0 bridgehead atoms. The Balaban J connectivity index is 1.86. The van der Waals surface area contributed by atoms with Gasteiger partial charge in [0.05, 0.1) is 5.52 Å². The molecule has 4 aromatic carbocycles. The Labute approximate surface area is 181 Å². The zero-order valence-electron chi connectivity index (χ0n) is 17.1. The van der Waals surface area contributed by atoms with Crippen LogP contribution < -0.4 is 16.0 Å². The lowest BCUT2D eigenvalue weighted by Crippen LogP contribution is -2.28. The van der Waals surface area contributed by atoms with Crippen LogP contribution in [0.3, 0.4) is 0 Å². The molecule has 0 atom stereocenters. The van der Waals surface area contributed by atoms with Gasteiger partial charge in [-0.05, 0) is 13.0 Å². The van der Waals surface area contributed by atoms with Crippen molar-refractivity contribution in [2.24, 2.45) is 0 Å². The number of para-hydroxylation sites is 1. The summed E-state index contributed by atoms with van der Waals surface area (Å²) in [4.78, 5) is 9.76. The Bertz CT molecular complexity index is 1350. The highest BCUT2D eigenvalue weighted by Crippen LogP contribution is 2.43. The molecule has 0 aliphatic rings. The van der Waals surface area contributed by atoms with Gasteiger partial charge in [0.2, 0.25) is 0 Å². The molecule has 3 nitrogen and oxygen atoms in total.